The van der Waals surface area contributed by atoms with Crippen LogP contribution in [0.5, 0.6) is 0 Å². The van der Waals surface area contributed by atoms with E-state index >= 15 is 0 Å². The Morgan fingerprint density at radius 1 is 1.83 bits per heavy atom. The first kappa shape index (κ1) is 9.42. The summed E-state index contributed by atoms with van der Waals surface area (Å²) in [6.07, 6.45) is 3.91. The summed E-state index contributed by atoms with van der Waals surface area (Å²) in [6, 6.07) is 0. The zero-order chi connectivity index (χ0) is 11.2. The van der Waals surface area contributed by atoms with Gasteiger partial charge in [-0.25, -0.2) is 0 Å². The highest BCUT2D eigenvalue weighted by Gasteiger charge is 1.90. The van der Waals surface area contributed by atoms with Crippen molar-refractivity contribution in [2.75, 3.05) is 19.8 Å². The van der Waals surface area contributed by atoms with Crippen LogP contribution < -0.4 is 0 Å². The summed E-state index contributed by atoms with van der Waals surface area (Å²) in [4.78, 5) is 10.4. The molecule has 3 nitrogen and oxygen atoms in total. The molecule has 0 aromatic rings. The standard InChI is InChI=1S/C8H14O3.CH4/c1-8(10)4-7-11-6-3-2-5-9;/h2-3,9H,4-7H2,1H3;1H4/b3-2+;/i9D;1T. The molecular formula is C9H18O3. The molecule has 0 fully saturated rings. The lowest BCUT2D eigenvalue weighted by Gasteiger charge is -1.96. The Labute approximate surface area is 76.9 Å². The summed E-state index contributed by atoms with van der Waals surface area (Å²) in [5.41, 5.74) is 0. The van der Waals surface area contributed by atoms with E-state index in [1.807, 2.05) is 0 Å². The maximum absolute atomic E-state index is 10.4. The zero-order valence-corrected chi connectivity index (χ0v) is 7.71. The number of carbonyl (C=O) groups excluding carboxylic acids is 1. The predicted octanol–water partition coefficient (Wildman–Crippen LogP) is 1.17. The van der Waals surface area contributed by atoms with Crippen molar-refractivity contribution in [3.05, 3.63) is 12.2 Å². The van der Waals surface area contributed by atoms with Crippen molar-refractivity contribution in [1.29, 1.82) is 1.43 Å². The van der Waals surface area contributed by atoms with E-state index in [2.05, 4.69) is 5.11 Å². The molecule has 0 atom stereocenters. The molecule has 0 rings (SSSR count). The van der Waals surface area contributed by atoms with Crippen LogP contribution in [-0.2, 0) is 9.53 Å². The fourth-order valence-electron chi connectivity index (χ4n) is 0.503. The summed E-state index contributed by atoms with van der Waals surface area (Å²) in [5.74, 6) is 0.133. The van der Waals surface area contributed by atoms with Gasteiger partial charge < -0.3 is 9.85 Å². The first-order chi connectivity index (χ1) is 6.77. The molecule has 12 heavy (non-hydrogen) atoms. The lowest BCUT2D eigenvalue weighted by Crippen LogP contribution is -1.99. The first-order valence-electron chi connectivity index (χ1n) is 4.98. The largest absolute Gasteiger partial charge is 0.392 e. The van der Waals surface area contributed by atoms with E-state index in [1.54, 1.807) is 12.2 Å². The highest BCUT2D eigenvalue weighted by atomic mass is 16.5. The molecule has 0 bridgehead atoms. The first-order valence-corrected chi connectivity index (χ1v) is 3.57. The Bertz CT molecular complexity index is 149. The second-order valence-corrected chi connectivity index (χ2v) is 2.17. The molecule has 0 aliphatic rings. The van der Waals surface area contributed by atoms with Crippen LogP contribution in [0.25, 0.3) is 0 Å². The molecule has 1 N–H and O–H groups in total. The molecule has 0 heterocycles. The van der Waals surface area contributed by atoms with Gasteiger partial charge in [-0.15, -0.1) is 0 Å². The summed E-state index contributed by atoms with van der Waals surface area (Å²) in [6.45, 7) is 2.74. The molecule has 0 radical (unpaired) electrons. The number of ketones is 1. The Morgan fingerprint density at radius 2 is 2.58 bits per heavy atom. The molecule has 0 spiro atoms. The lowest BCUT2D eigenvalue weighted by atomic mass is 10.3. The highest BCUT2D eigenvalue weighted by molar-refractivity contribution is 5.75. The second-order valence-electron chi connectivity index (χ2n) is 2.17. The van der Waals surface area contributed by atoms with Gasteiger partial charge in [0.25, 0.3) is 0 Å². The van der Waals surface area contributed by atoms with Crippen LogP contribution in [0, 0.1) is 0 Å². The van der Waals surface area contributed by atoms with Gasteiger partial charge in [-0.3, -0.25) is 4.79 Å². The average molecular weight is 177 g/mol. The fraction of sp³-hybridized carbons (Fsp3) is 0.667. The number of ether oxygens (including phenoxy) is 1. The molecule has 0 unspecified atom stereocenters. The molecule has 0 aromatic heterocycles. The summed E-state index contributed by atoms with van der Waals surface area (Å²) in [5, 5.41) is 4.04. The Hall–Kier alpha value is -0.670. The van der Waals surface area contributed by atoms with Crippen molar-refractivity contribution in [1.82, 2.24) is 0 Å². The van der Waals surface area contributed by atoms with Gasteiger partial charge in [0.2, 0.25) is 1.43 Å². The van der Waals surface area contributed by atoms with E-state index < -0.39 is 0 Å². The van der Waals surface area contributed by atoms with Crippen LogP contribution in [-0.4, -0.2) is 32.1 Å². The van der Waals surface area contributed by atoms with E-state index in [0.717, 1.165) is 0 Å². The van der Waals surface area contributed by atoms with E-state index in [-0.39, 0.29) is 12.4 Å². The molecule has 0 saturated carbocycles. The van der Waals surface area contributed by atoms with Gasteiger partial charge in [0, 0.05) is 7.79 Å². The zero-order valence-electron chi connectivity index (χ0n) is 9.71. The molecule has 0 aliphatic carbocycles. The molecule has 72 valence electrons. The Balaban J connectivity index is 0. The molecule has 0 amide bonds. The van der Waals surface area contributed by atoms with Crippen molar-refractivity contribution in [2.45, 2.75) is 20.7 Å². The van der Waals surface area contributed by atoms with Gasteiger partial charge >= 0.3 is 0 Å². The van der Waals surface area contributed by atoms with Crippen LogP contribution in [0.1, 0.15) is 22.1 Å². The highest BCUT2D eigenvalue weighted by Crippen LogP contribution is 1.84. The quantitative estimate of drug-likeness (QED) is 0.469. The minimum absolute atomic E-state index is 0.133. The van der Waals surface area contributed by atoms with E-state index in [1.165, 1.54) is 14.3 Å². The molecule has 3 heteroatoms. The normalized spacial score (nSPS) is 11.5. The van der Waals surface area contributed by atoms with E-state index in [0.29, 0.717) is 19.6 Å². The van der Waals surface area contributed by atoms with Crippen LogP contribution >= 0.6 is 0 Å². The molecular weight excluding hydrogens is 156 g/mol. The molecule has 0 aromatic carbocycles. The van der Waals surface area contributed by atoms with Gasteiger partial charge in [0.05, 0.1) is 19.8 Å². The number of Topliss-reactive ketones (excluding diaryl/α,β-unsaturated/α-hetero) is 1. The lowest BCUT2D eigenvalue weighted by molar-refractivity contribution is -0.117. The average Bonchev–Trinajstić information content (AvgIpc) is 2.19. The van der Waals surface area contributed by atoms with E-state index in [4.69, 9.17) is 7.54 Å². The minimum Gasteiger partial charge on any atom is -0.392 e. The summed E-state index contributed by atoms with van der Waals surface area (Å²) in [7, 11) is 1.25. The third-order valence-electron chi connectivity index (χ3n) is 1.08. The Kier molecular flexibility index (Phi) is 8.11. The number of aliphatic hydroxyl groups is 1. The number of hydrogen-bond acceptors (Lipinski definition) is 3. The monoisotopic (exact) mass is 177 g/mol. The van der Waals surface area contributed by atoms with Gasteiger partial charge in [0.15, 0.2) is 0 Å². The third kappa shape index (κ3) is 12.0. The second kappa shape index (κ2) is 10.3. The van der Waals surface area contributed by atoms with Gasteiger partial charge in [0.1, 0.15) is 5.78 Å². The maximum atomic E-state index is 10.4. The van der Waals surface area contributed by atoms with Crippen molar-refractivity contribution in [3.63, 3.8) is 0 Å². The number of rotatable bonds is 7. The minimum atomic E-state index is 0.133. The topological polar surface area (TPSA) is 46.5 Å². The number of hydrogen-bond donors (Lipinski definition) is 1. The Morgan fingerprint density at radius 3 is 3.17 bits per heavy atom. The van der Waals surface area contributed by atoms with Gasteiger partial charge in [-0.1, -0.05) is 19.6 Å². The fourth-order valence-corrected chi connectivity index (χ4v) is 0.503. The SMILES string of the molecule is [2H]OC/C=C/COCCC(C)=O.[3H]C. The van der Waals surface area contributed by atoms with Crippen molar-refractivity contribution in [3.8, 4) is 0 Å². The van der Waals surface area contributed by atoms with Crippen molar-refractivity contribution in [2.24, 2.45) is 0 Å². The van der Waals surface area contributed by atoms with Gasteiger partial charge in [-0.05, 0) is 6.92 Å². The summed E-state index contributed by atoms with van der Waals surface area (Å²) < 4.78 is 17.2. The smallest absolute Gasteiger partial charge is 0.210 e. The maximum Gasteiger partial charge on any atom is 0.210 e. The summed E-state index contributed by atoms with van der Waals surface area (Å²) >= 11 is 0. The predicted molar refractivity (Wildman–Crippen MR) is 49.1 cm³/mol. The third-order valence-corrected chi connectivity index (χ3v) is 1.08. The van der Waals surface area contributed by atoms with Crippen molar-refractivity contribution < 1.29 is 16.0 Å². The van der Waals surface area contributed by atoms with E-state index in [9.17, 15) is 4.79 Å². The molecule has 0 saturated heterocycles. The molecule has 0 aliphatic heterocycles. The van der Waals surface area contributed by atoms with Crippen molar-refractivity contribution >= 4 is 5.78 Å². The van der Waals surface area contributed by atoms with Crippen LogP contribution in [0.4, 0.5) is 0 Å². The number of aliphatic hydroxyl groups excluding tert-OH is 1. The van der Waals surface area contributed by atoms with Gasteiger partial charge in [-0.2, -0.15) is 0 Å². The van der Waals surface area contributed by atoms with Crippen LogP contribution in [0.15, 0.2) is 12.2 Å². The van der Waals surface area contributed by atoms with Crippen LogP contribution in [0.2, 0.25) is 0 Å². The van der Waals surface area contributed by atoms with Crippen LogP contribution in [0.3, 0.4) is 0 Å². The number of carbonyl (C=O) groups is 1.